The van der Waals surface area contributed by atoms with E-state index in [0.29, 0.717) is 98.6 Å². The molecule has 2 aliphatic rings. The average molecular weight is 896 g/mol. The number of aromatic nitrogens is 8. The third-order valence-electron chi connectivity index (χ3n) is 10.9. The van der Waals surface area contributed by atoms with Crippen LogP contribution in [0.15, 0.2) is 134 Å². The summed E-state index contributed by atoms with van der Waals surface area (Å²) >= 11 is 0. The molecule has 0 atom stereocenters. The Kier molecular flexibility index (Phi) is 11.8. The normalized spacial score (nSPS) is 11.7. The van der Waals surface area contributed by atoms with Gasteiger partial charge in [-0.15, -0.1) is 0 Å². The summed E-state index contributed by atoms with van der Waals surface area (Å²) in [5, 5.41) is 4.60. The van der Waals surface area contributed by atoms with Crippen molar-refractivity contribution in [1.82, 2.24) is 39.9 Å². The van der Waals surface area contributed by atoms with Gasteiger partial charge in [-0.1, -0.05) is 103 Å². The van der Waals surface area contributed by atoms with Gasteiger partial charge in [0.25, 0.3) is 0 Å². The van der Waals surface area contributed by atoms with Gasteiger partial charge < -0.3 is 48.6 Å². The molecule has 310 valence electrons. The zero-order valence-corrected chi connectivity index (χ0v) is 37.7. The molecular weight excluding hydrogens is 858 g/mol. The van der Waals surface area contributed by atoms with Gasteiger partial charge in [-0.05, 0) is 57.0 Å². The van der Waals surface area contributed by atoms with E-state index in [1.165, 1.54) is 0 Å². The minimum Gasteiger partial charge on any atom is -0.490 e. The first-order chi connectivity index (χ1) is 31.2. The van der Waals surface area contributed by atoms with Crippen molar-refractivity contribution in [3.63, 3.8) is 0 Å². The molecule has 0 spiro atoms. The van der Waals surface area contributed by atoms with Crippen molar-refractivity contribution in [3.05, 3.63) is 134 Å². The molecule has 0 unspecified atom stereocenters. The van der Waals surface area contributed by atoms with E-state index in [0.717, 1.165) is 66.1 Å². The Morgan fingerprint density at radius 2 is 0.953 bits per heavy atom. The van der Waals surface area contributed by atoms with Crippen LogP contribution >= 0.6 is 0 Å². The molecule has 2 aliphatic heterocycles. The minimum absolute atomic E-state index is 0. The number of rotatable bonds is 14. The second-order valence-electron chi connectivity index (χ2n) is 14.8. The molecule has 4 aromatic heterocycles. The summed E-state index contributed by atoms with van der Waals surface area (Å²) in [6.07, 6.45) is 1.76. The second kappa shape index (κ2) is 18.4. The van der Waals surface area contributed by atoms with Crippen LogP contribution in [0.5, 0.6) is 11.5 Å². The van der Waals surface area contributed by atoms with Crippen LogP contribution in [0, 0.1) is 0 Å². The van der Waals surface area contributed by atoms with E-state index in [1.54, 1.807) is 6.20 Å². The molecule has 13 nitrogen and oxygen atoms in total. The van der Waals surface area contributed by atoms with Crippen molar-refractivity contribution in [1.29, 1.82) is 0 Å². The van der Waals surface area contributed by atoms with E-state index < -0.39 is 0 Å². The van der Waals surface area contributed by atoms with Crippen LogP contribution in [0.4, 0.5) is 0 Å². The molecule has 6 heterocycles. The van der Waals surface area contributed by atoms with Crippen LogP contribution in [-0.2, 0) is 33.7 Å². The minimum atomic E-state index is 0. The van der Waals surface area contributed by atoms with E-state index >= 15 is 0 Å². The summed E-state index contributed by atoms with van der Waals surface area (Å²) in [5.74, 6) is 2.82. The zero-order valence-electron chi connectivity index (χ0n) is 34.7. The Balaban J connectivity index is 0.00000484. The van der Waals surface area contributed by atoms with Gasteiger partial charge >= 0.3 is 19.5 Å². The summed E-state index contributed by atoms with van der Waals surface area (Å²) in [6, 6.07) is 41.7. The van der Waals surface area contributed by atoms with Crippen LogP contribution in [0.3, 0.4) is 0 Å². The molecule has 9 aromatic rings. The molecule has 0 aliphatic carbocycles. The maximum atomic E-state index is 6.38. The molecule has 8 bridgehead atoms. The molecule has 11 rings (SSSR count). The predicted octanol–water partition coefficient (Wildman–Crippen LogP) is 8.79. The number of fused-ring (bicyclic) bond motifs is 21. The van der Waals surface area contributed by atoms with Crippen molar-refractivity contribution in [2.24, 2.45) is 0 Å². The number of ether oxygens (including phenoxy) is 5. The number of benzene rings is 5. The van der Waals surface area contributed by atoms with Gasteiger partial charge in [-0.2, -0.15) is 0 Å². The maximum absolute atomic E-state index is 6.38. The topological polar surface area (TPSA) is 152 Å². The molecule has 14 heteroatoms. The molecule has 0 N–H and O–H groups in total. The Labute approximate surface area is 379 Å². The van der Waals surface area contributed by atoms with E-state index in [9.17, 15) is 0 Å². The van der Waals surface area contributed by atoms with Crippen LogP contribution in [0.1, 0.15) is 0 Å². The molecular formula is C50H38N8O5Zn. The Bertz CT molecular complexity index is 3330. The SMILES string of the molecule is [Zn+2].c1ccc2c(c1)-c1cc3[n-]c(nc4nc(nc5[n-]c(nc-2n1)c1ccccc51)-c1c(OCCOCCOCCOCCOc2cccc5cccnc25)cccc1-4)c1ccccc31. The fourth-order valence-corrected chi connectivity index (χ4v) is 7.96. The van der Waals surface area contributed by atoms with E-state index in [1.807, 2.05) is 115 Å². The molecule has 5 aromatic carbocycles. The predicted molar refractivity (Wildman–Crippen MR) is 241 cm³/mol. The molecule has 0 fully saturated rings. The molecule has 0 saturated carbocycles. The molecule has 0 saturated heterocycles. The van der Waals surface area contributed by atoms with E-state index in [2.05, 4.69) is 17.1 Å². The third kappa shape index (κ3) is 8.08. The van der Waals surface area contributed by atoms with Gasteiger partial charge in [0, 0.05) is 39.6 Å². The van der Waals surface area contributed by atoms with E-state index in [4.69, 9.17) is 58.6 Å². The Morgan fingerprint density at radius 3 is 1.69 bits per heavy atom. The van der Waals surface area contributed by atoms with Crippen molar-refractivity contribution < 1.29 is 43.2 Å². The Morgan fingerprint density at radius 1 is 0.422 bits per heavy atom. The maximum Gasteiger partial charge on any atom is 2.00 e. The molecule has 0 radical (unpaired) electrons. The second-order valence-corrected chi connectivity index (χ2v) is 14.8. The zero-order chi connectivity index (χ0) is 42.0. The quantitative estimate of drug-likeness (QED) is 0.0756. The number of pyridine rings is 1. The summed E-state index contributed by atoms with van der Waals surface area (Å²) < 4.78 is 29.5. The van der Waals surface area contributed by atoms with Crippen molar-refractivity contribution in [2.75, 3.05) is 52.9 Å². The van der Waals surface area contributed by atoms with Crippen molar-refractivity contribution in [2.45, 2.75) is 0 Å². The fourth-order valence-electron chi connectivity index (χ4n) is 7.96. The van der Waals surface area contributed by atoms with Gasteiger partial charge in [-0.3, -0.25) is 4.98 Å². The number of hydrogen-bond donors (Lipinski definition) is 0. The summed E-state index contributed by atoms with van der Waals surface area (Å²) in [7, 11) is 0. The average Bonchev–Trinajstić information content (AvgIpc) is 4.07. The number of hydrogen-bond acceptors (Lipinski definition) is 11. The monoisotopic (exact) mass is 894 g/mol. The number of nitrogens with zero attached hydrogens (tertiary/aromatic N) is 8. The molecule has 0 amide bonds. The van der Waals surface area contributed by atoms with Gasteiger partial charge in [-0.25, -0.2) is 9.97 Å². The van der Waals surface area contributed by atoms with Crippen LogP contribution in [0.25, 0.3) is 100 Å². The third-order valence-corrected chi connectivity index (χ3v) is 10.9. The largest absolute Gasteiger partial charge is 2.00 e. The fraction of sp³-hybridized carbons (Fsp3) is 0.160. The Hall–Kier alpha value is -6.96. The summed E-state index contributed by atoms with van der Waals surface area (Å²) in [5.41, 5.74) is 7.30. The standard InChI is InChI=1S/C50H38N8O5.Zn/c1-3-14-34-32(12-1)39-30-40-33-13-2-4-15-35(33)46(53-40)55-49-38-18-8-19-41(43(38)50(58-49)57-48-37-17-6-5-16-36(37)47(56-48)54-45(34)52-39)62-28-26-60-24-22-59-23-25-61-27-29-63-42-20-7-10-31-11-9-21-51-44(31)42;/h1-21,30H,22-29H2;/q-2;+2. The van der Waals surface area contributed by atoms with Gasteiger partial charge in [0.2, 0.25) is 0 Å². The van der Waals surface area contributed by atoms with Crippen molar-refractivity contribution >= 4 is 54.9 Å². The molecule has 64 heavy (non-hydrogen) atoms. The van der Waals surface area contributed by atoms with Gasteiger partial charge in [0.15, 0.2) is 0 Å². The van der Waals surface area contributed by atoms with Crippen molar-refractivity contribution in [3.8, 4) is 56.9 Å². The smallest absolute Gasteiger partial charge is 0.490 e. The van der Waals surface area contributed by atoms with Gasteiger partial charge in [0.05, 0.1) is 68.4 Å². The van der Waals surface area contributed by atoms with E-state index in [-0.39, 0.29) is 19.5 Å². The first-order valence-electron chi connectivity index (χ1n) is 20.8. The number of para-hydroxylation sites is 1. The first kappa shape index (κ1) is 41.1. The first-order valence-corrected chi connectivity index (χ1v) is 20.8. The van der Waals surface area contributed by atoms with Crippen LogP contribution < -0.4 is 19.4 Å². The summed E-state index contributed by atoms with van der Waals surface area (Å²) in [4.78, 5) is 39.8. The summed E-state index contributed by atoms with van der Waals surface area (Å²) in [6.45, 7) is 3.24. The van der Waals surface area contributed by atoms with Gasteiger partial charge in [0.1, 0.15) is 30.2 Å². The van der Waals surface area contributed by atoms with Crippen LogP contribution in [0.2, 0.25) is 0 Å². The van der Waals surface area contributed by atoms with Crippen LogP contribution in [-0.4, -0.2) is 82.8 Å².